The van der Waals surface area contributed by atoms with Gasteiger partial charge in [0.1, 0.15) is 23.5 Å². The quantitative estimate of drug-likeness (QED) is 0.592. The van der Waals surface area contributed by atoms with E-state index in [0.717, 1.165) is 28.7 Å². The number of rotatable bonds is 6. The fraction of sp³-hybridized carbons (Fsp3) is 0.182. The Hall–Kier alpha value is -3.24. The van der Waals surface area contributed by atoms with Crippen LogP contribution in [0.15, 0.2) is 53.4 Å². The zero-order chi connectivity index (χ0) is 21.0. The Kier molecular flexibility index (Phi) is 6.25. The van der Waals surface area contributed by atoms with Crippen LogP contribution in [0, 0.1) is 31.0 Å². The minimum absolute atomic E-state index is 0.0255. The molecule has 1 amide bonds. The van der Waals surface area contributed by atoms with Crippen molar-refractivity contribution in [2.24, 2.45) is 0 Å². The van der Waals surface area contributed by atoms with Gasteiger partial charge in [0.2, 0.25) is 5.91 Å². The summed E-state index contributed by atoms with van der Waals surface area (Å²) in [5.74, 6) is 0.463. The van der Waals surface area contributed by atoms with Gasteiger partial charge in [0.25, 0.3) is 0 Å². The summed E-state index contributed by atoms with van der Waals surface area (Å²) >= 11 is 1.11. The Balaban J connectivity index is 1.89. The van der Waals surface area contributed by atoms with Crippen molar-refractivity contribution in [1.29, 1.82) is 5.26 Å². The minimum Gasteiger partial charge on any atom is -0.497 e. The van der Waals surface area contributed by atoms with Crippen molar-refractivity contribution in [3.05, 3.63) is 71.2 Å². The number of methoxy groups -OCH3 is 1. The molecule has 0 bridgehead atoms. The average Bonchev–Trinajstić information content (AvgIpc) is 2.96. The first-order valence-electron chi connectivity index (χ1n) is 8.89. The lowest BCUT2D eigenvalue weighted by Gasteiger charge is -2.14. The predicted octanol–water partition coefficient (Wildman–Crippen LogP) is 4.84. The number of ether oxygens (including phenoxy) is 1. The largest absolute Gasteiger partial charge is 0.497 e. The second-order valence-corrected chi connectivity index (χ2v) is 7.36. The van der Waals surface area contributed by atoms with E-state index < -0.39 is 0 Å². The number of thioether (sulfide) groups is 1. The SMILES string of the molecule is COc1ccc(-n2c(C)c(C)c(C#N)c2NC(=O)CSc2ccccc2F)cc1. The minimum atomic E-state index is -0.365. The van der Waals surface area contributed by atoms with E-state index in [-0.39, 0.29) is 17.5 Å². The summed E-state index contributed by atoms with van der Waals surface area (Å²) in [6.07, 6.45) is 0. The number of anilines is 1. The van der Waals surface area contributed by atoms with Crippen LogP contribution >= 0.6 is 11.8 Å². The van der Waals surface area contributed by atoms with Gasteiger partial charge in [-0.1, -0.05) is 12.1 Å². The molecule has 0 saturated heterocycles. The van der Waals surface area contributed by atoms with Gasteiger partial charge in [-0.15, -0.1) is 11.8 Å². The highest BCUT2D eigenvalue weighted by atomic mass is 32.2. The van der Waals surface area contributed by atoms with Crippen LogP contribution in [0.4, 0.5) is 10.2 Å². The van der Waals surface area contributed by atoms with E-state index in [0.29, 0.717) is 22.0 Å². The molecule has 1 heterocycles. The highest BCUT2D eigenvalue weighted by Gasteiger charge is 2.21. The molecule has 1 aromatic heterocycles. The molecule has 0 aliphatic carbocycles. The van der Waals surface area contributed by atoms with Gasteiger partial charge >= 0.3 is 0 Å². The van der Waals surface area contributed by atoms with E-state index in [1.165, 1.54) is 6.07 Å². The van der Waals surface area contributed by atoms with Crippen molar-refractivity contribution in [2.45, 2.75) is 18.7 Å². The van der Waals surface area contributed by atoms with E-state index in [1.807, 2.05) is 42.7 Å². The molecule has 3 aromatic rings. The molecule has 0 fully saturated rings. The van der Waals surface area contributed by atoms with Crippen molar-refractivity contribution in [1.82, 2.24) is 4.57 Å². The number of carbonyl (C=O) groups is 1. The lowest BCUT2D eigenvalue weighted by molar-refractivity contribution is -0.113. The van der Waals surface area contributed by atoms with Crippen LogP contribution in [-0.2, 0) is 4.79 Å². The van der Waals surface area contributed by atoms with Crippen molar-refractivity contribution < 1.29 is 13.9 Å². The fourth-order valence-corrected chi connectivity index (χ4v) is 3.73. The number of carbonyl (C=O) groups excluding carboxylic acids is 1. The molecular weight excluding hydrogens is 389 g/mol. The molecule has 0 spiro atoms. The third kappa shape index (κ3) is 4.28. The van der Waals surface area contributed by atoms with Crippen LogP contribution in [0.5, 0.6) is 5.75 Å². The van der Waals surface area contributed by atoms with Gasteiger partial charge in [-0.25, -0.2) is 4.39 Å². The maximum Gasteiger partial charge on any atom is 0.235 e. The number of nitriles is 1. The van der Waals surface area contributed by atoms with Crippen LogP contribution in [-0.4, -0.2) is 23.3 Å². The van der Waals surface area contributed by atoms with E-state index >= 15 is 0 Å². The number of hydrogen-bond donors (Lipinski definition) is 1. The number of halogens is 1. The molecule has 5 nitrogen and oxygen atoms in total. The second kappa shape index (κ2) is 8.84. The van der Waals surface area contributed by atoms with E-state index in [1.54, 1.807) is 25.3 Å². The van der Waals surface area contributed by atoms with Gasteiger partial charge in [0.05, 0.1) is 18.4 Å². The standard InChI is InChI=1S/C22H20FN3O2S/c1-14-15(2)26(16-8-10-17(28-3)11-9-16)22(18(14)12-24)25-21(27)13-29-20-7-5-4-6-19(20)23/h4-11H,13H2,1-3H3,(H,25,27). The zero-order valence-electron chi connectivity index (χ0n) is 16.3. The summed E-state index contributed by atoms with van der Waals surface area (Å²) in [6.45, 7) is 3.74. The van der Waals surface area contributed by atoms with Gasteiger partial charge in [0, 0.05) is 16.3 Å². The Labute approximate surface area is 173 Å². The maximum atomic E-state index is 13.8. The van der Waals surface area contributed by atoms with E-state index in [4.69, 9.17) is 4.74 Å². The molecule has 148 valence electrons. The molecule has 0 aliphatic heterocycles. The Morgan fingerprint density at radius 2 is 1.90 bits per heavy atom. The van der Waals surface area contributed by atoms with Crippen LogP contribution in [0.3, 0.4) is 0 Å². The molecule has 29 heavy (non-hydrogen) atoms. The third-order valence-electron chi connectivity index (χ3n) is 4.61. The smallest absolute Gasteiger partial charge is 0.235 e. The summed E-state index contributed by atoms with van der Waals surface area (Å²) in [6, 6.07) is 15.8. The fourth-order valence-electron chi connectivity index (χ4n) is 2.99. The molecule has 0 saturated carbocycles. The molecule has 3 rings (SSSR count). The number of benzene rings is 2. The normalized spacial score (nSPS) is 10.4. The molecule has 0 aliphatic rings. The summed E-state index contributed by atoms with van der Waals surface area (Å²) in [5, 5.41) is 12.5. The Bertz CT molecular complexity index is 1080. The van der Waals surface area contributed by atoms with Crippen LogP contribution in [0.1, 0.15) is 16.8 Å². The number of amides is 1. The van der Waals surface area contributed by atoms with Crippen molar-refractivity contribution in [3.8, 4) is 17.5 Å². The number of hydrogen-bond acceptors (Lipinski definition) is 4. The zero-order valence-corrected chi connectivity index (χ0v) is 17.1. The lowest BCUT2D eigenvalue weighted by Crippen LogP contribution is -2.17. The number of aromatic nitrogens is 1. The van der Waals surface area contributed by atoms with Gasteiger partial charge in [-0.3, -0.25) is 9.36 Å². The van der Waals surface area contributed by atoms with Crippen LogP contribution < -0.4 is 10.1 Å². The highest BCUT2D eigenvalue weighted by Crippen LogP contribution is 2.31. The monoisotopic (exact) mass is 409 g/mol. The second-order valence-electron chi connectivity index (χ2n) is 6.35. The molecule has 0 unspecified atom stereocenters. The predicted molar refractivity (Wildman–Crippen MR) is 112 cm³/mol. The average molecular weight is 409 g/mol. The molecule has 7 heteroatoms. The summed E-state index contributed by atoms with van der Waals surface area (Å²) in [4.78, 5) is 13.0. The van der Waals surface area contributed by atoms with Gasteiger partial charge in [-0.2, -0.15) is 5.26 Å². The number of nitrogens with one attached hydrogen (secondary N) is 1. The van der Waals surface area contributed by atoms with E-state index in [2.05, 4.69) is 11.4 Å². The molecule has 0 atom stereocenters. The molecule has 0 radical (unpaired) electrons. The van der Waals surface area contributed by atoms with Crippen LogP contribution in [0.2, 0.25) is 0 Å². The Morgan fingerprint density at radius 1 is 1.21 bits per heavy atom. The van der Waals surface area contributed by atoms with Gasteiger partial charge in [-0.05, 0) is 55.8 Å². The van der Waals surface area contributed by atoms with Gasteiger partial charge < -0.3 is 10.1 Å². The van der Waals surface area contributed by atoms with Crippen molar-refractivity contribution >= 4 is 23.5 Å². The first kappa shape index (κ1) is 20.5. The highest BCUT2D eigenvalue weighted by molar-refractivity contribution is 8.00. The van der Waals surface area contributed by atoms with E-state index in [9.17, 15) is 14.4 Å². The first-order chi connectivity index (χ1) is 14.0. The molecule has 2 aromatic carbocycles. The van der Waals surface area contributed by atoms with Crippen LogP contribution in [0.25, 0.3) is 5.69 Å². The molecule has 1 N–H and O–H groups in total. The van der Waals surface area contributed by atoms with Crippen molar-refractivity contribution in [2.75, 3.05) is 18.2 Å². The summed E-state index contributed by atoms with van der Waals surface area (Å²) < 4.78 is 20.8. The molecular formula is C22H20FN3O2S. The van der Waals surface area contributed by atoms with Gasteiger partial charge in [0.15, 0.2) is 0 Å². The lowest BCUT2D eigenvalue weighted by atomic mass is 10.2. The third-order valence-corrected chi connectivity index (χ3v) is 5.66. The summed E-state index contributed by atoms with van der Waals surface area (Å²) in [7, 11) is 1.59. The van der Waals surface area contributed by atoms with Crippen molar-refractivity contribution in [3.63, 3.8) is 0 Å². The maximum absolute atomic E-state index is 13.8. The number of nitrogens with zero attached hydrogens (tertiary/aromatic N) is 2. The topological polar surface area (TPSA) is 67.1 Å². The first-order valence-corrected chi connectivity index (χ1v) is 9.88. The Morgan fingerprint density at radius 3 is 2.52 bits per heavy atom. The summed E-state index contributed by atoms with van der Waals surface area (Å²) in [5.41, 5.74) is 2.84.